The van der Waals surface area contributed by atoms with Crippen molar-refractivity contribution in [1.82, 2.24) is 15.4 Å². The lowest BCUT2D eigenvalue weighted by atomic mass is 9.90. The van der Waals surface area contributed by atoms with Crippen LogP contribution in [0.3, 0.4) is 0 Å². The van der Waals surface area contributed by atoms with Gasteiger partial charge in [-0.2, -0.15) is 0 Å². The molecule has 0 spiro atoms. The summed E-state index contributed by atoms with van der Waals surface area (Å²) in [6, 6.07) is 29.1. The summed E-state index contributed by atoms with van der Waals surface area (Å²) in [4.78, 5) is 35.3. The number of carbonyl (C=O) groups is 1. The number of carbonyl (C=O) groups excluding carboxylic acids is 1. The van der Waals surface area contributed by atoms with E-state index in [1.807, 2.05) is 83.8 Å². The highest BCUT2D eigenvalue weighted by Gasteiger charge is 2.31. The molecule has 0 saturated carbocycles. The summed E-state index contributed by atoms with van der Waals surface area (Å²) >= 11 is 0. The Morgan fingerprint density at radius 3 is 2.03 bits per heavy atom. The second-order valence-corrected chi connectivity index (χ2v) is 9.64. The minimum atomic E-state index is -0.607. The van der Waals surface area contributed by atoms with Gasteiger partial charge < -0.3 is 4.90 Å². The van der Waals surface area contributed by atoms with Crippen LogP contribution in [-0.2, 0) is 11.2 Å². The average molecular weight is 523 g/mol. The molecular formula is C30H30N6O3. The molecule has 1 saturated heterocycles. The predicted molar refractivity (Wildman–Crippen MR) is 150 cm³/mol. The van der Waals surface area contributed by atoms with Gasteiger partial charge in [-0.15, -0.1) is 0 Å². The highest BCUT2D eigenvalue weighted by molar-refractivity contribution is 5.88. The molecule has 39 heavy (non-hydrogen) atoms. The van der Waals surface area contributed by atoms with Gasteiger partial charge >= 0.3 is 5.69 Å². The van der Waals surface area contributed by atoms with Crippen molar-refractivity contribution in [1.29, 1.82) is 0 Å². The Balaban J connectivity index is 1.30. The van der Waals surface area contributed by atoms with Crippen LogP contribution in [0, 0.1) is 16.0 Å². The van der Waals surface area contributed by atoms with Crippen LogP contribution in [0.5, 0.6) is 0 Å². The topological polar surface area (TPSA) is 113 Å². The van der Waals surface area contributed by atoms with Crippen molar-refractivity contribution in [2.24, 2.45) is 5.92 Å². The zero-order chi connectivity index (χ0) is 27.0. The Hall–Kier alpha value is -4.79. The maximum atomic E-state index is 13.4. The lowest BCUT2D eigenvalue weighted by molar-refractivity contribution is -0.383. The molecule has 2 N–H and O–H groups in total. The number of amides is 1. The molecule has 3 aromatic carbocycles. The number of nitrogens with one attached hydrogen (secondary N) is 2. The fourth-order valence-electron chi connectivity index (χ4n) is 5.14. The number of rotatable bonds is 9. The molecular weight excluding hydrogens is 492 g/mol. The molecule has 2 heterocycles. The molecule has 1 aliphatic rings. The quantitative estimate of drug-likeness (QED) is 0.232. The normalized spacial score (nSPS) is 13.7. The Bertz CT molecular complexity index is 1350. The van der Waals surface area contributed by atoms with Crippen LogP contribution < -0.4 is 15.8 Å². The van der Waals surface area contributed by atoms with Crippen molar-refractivity contribution in [3.63, 3.8) is 0 Å². The monoisotopic (exact) mass is 522 g/mol. The highest BCUT2D eigenvalue weighted by atomic mass is 16.6. The van der Waals surface area contributed by atoms with Crippen LogP contribution in [0.2, 0.25) is 0 Å². The molecule has 0 atom stereocenters. The number of aromatic nitrogens is 2. The Kier molecular flexibility index (Phi) is 8.06. The van der Waals surface area contributed by atoms with Gasteiger partial charge in [0.15, 0.2) is 0 Å². The van der Waals surface area contributed by atoms with E-state index in [2.05, 4.69) is 33.0 Å². The molecule has 198 valence electrons. The van der Waals surface area contributed by atoms with Crippen LogP contribution in [0.1, 0.15) is 35.4 Å². The van der Waals surface area contributed by atoms with Crippen molar-refractivity contribution >= 4 is 23.2 Å². The van der Waals surface area contributed by atoms with Crippen molar-refractivity contribution in [2.45, 2.75) is 25.2 Å². The summed E-state index contributed by atoms with van der Waals surface area (Å²) in [5.41, 5.74) is 8.03. The summed E-state index contributed by atoms with van der Waals surface area (Å²) in [5, 5.41) is 12.2. The number of anilines is 2. The van der Waals surface area contributed by atoms with Crippen LogP contribution in [0.15, 0.2) is 97.3 Å². The molecule has 1 aliphatic heterocycles. The molecule has 0 aliphatic carbocycles. The van der Waals surface area contributed by atoms with Gasteiger partial charge in [-0.3, -0.25) is 25.8 Å². The lowest BCUT2D eigenvalue weighted by Gasteiger charge is -2.32. The molecule has 1 aromatic heterocycles. The smallest absolute Gasteiger partial charge is 0.351 e. The number of nitro groups is 1. The van der Waals surface area contributed by atoms with Crippen molar-refractivity contribution in [2.75, 3.05) is 23.4 Å². The Morgan fingerprint density at radius 2 is 1.46 bits per heavy atom. The Labute approximate surface area is 227 Å². The van der Waals surface area contributed by atoms with Gasteiger partial charge in [0.25, 0.3) is 0 Å². The van der Waals surface area contributed by atoms with E-state index in [1.54, 1.807) is 0 Å². The molecule has 9 nitrogen and oxygen atoms in total. The zero-order valence-corrected chi connectivity index (χ0v) is 21.4. The lowest BCUT2D eigenvalue weighted by Crippen LogP contribution is -2.37. The first-order valence-corrected chi connectivity index (χ1v) is 13.0. The first kappa shape index (κ1) is 25.8. The molecule has 4 aromatic rings. The molecule has 5 rings (SSSR count). The minimum Gasteiger partial charge on any atom is -0.351 e. The molecule has 0 unspecified atom stereocenters. The van der Waals surface area contributed by atoms with Crippen LogP contribution in [0.25, 0.3) is 0 Å². The van der Waals surface area contributed by atoms with E-state index < -0.39 is 10.8 Å². The minimum absolute atomic E-state index is 0.0513. The summed E-state index contributed by atoms with van der Waals surface area (Å²) < 4.78 is 0. The SMILES string of the molecule is O=C(NNc1ncnc(N2CCC(Cc3ccccc3)CC2)c1[N+](=O)[O-])C(c1ccccc1)c1ccccc1. The number of piperidine rings is 1. The van der Waals surface area contributed by atoms with E-state index in [1.165, 1.54) is 11.9 Å². The molecule has 0 radical (unpaired) electrons. The first-order chi connectivity index (χ1) is 19.1. The van der Waals surface area contributed by atoms with Gasteiger partial charge in [-0.05, 0) is 41.9 Å². The summed E-state index contributed by atoms with van der Waals surface area (Å²) in [6.45, 7) is 1.32. The molecule has 1 fully saturated rings. The van der Waals surface area contributed by atoms with E-state index in [0.29, 0.717) is 19.0 Å². The summed E-state index contributed by atoms with van der Waals surface area (Å²) in [5.74, 6) is -0.251. The first-order valence-electron chi connectivity index (χ1n) is 13.0. The number of nitrogens with zero attached hydrogens (tertiary/aromatic N) is 4. The van der Waals surface area contributed by atoms with Crippen LogP contribution >= 0.6 is 0 Å². The molecule has 0 bridgehead atoms. The van der Waals surface area contributed by atoms with Crippen molar-refractivity contribution in [3.05, 3.63) is 124 Å². The van der Waals surface area contributed by atoms with Gasteiger partial charge in [-0.25, -0.2) is 9.97 Å². The maximum Gasteiger partial charge on any atom is 0.355 e. The average Bonchev–Trinajstić information content (AvgIpc) is 2.98. The number of hydrogen-bond acceptors (Lipinski definition) is 7. The maximum absolute atomic E-state index is 13.4. The van der Waals surface area contributed by atoms with Gasteiger partial charge in [0.1, 0.15) is 6.33 Å². The van der Waals surface area contributed by atoms with Gasteiger partial charge in [0.05, 0.1) is 10.8 Å². The second kappa shape index (κ2) is 12.2. The second-order valence-electron chi connectivity index (χ2n) is 9.64. The number of hydrazine groups is 1. The van der Waals surface area contributed by atoms with Crippen molar-refractivity contribution in [3.8, 4) is 0 Å². The van der Waals surface area contributed by atoms with Gasteiger partial charge in [0.2, 0.25) is 17.5 Å². The van der Waals surface area contributed by atoms with Crippen LogP contribution in [0.4, 0.5) is 17.3 Å². The van der Waals surface area contributed by atoms with E-state index in [-0.39, 0.29) is 23.2 Å². The van der Waals surface area contributed by atoms with Crippen LogP contribution in [-0.4, -0.2) is 33.9 Å². The summed E-state index contributed by atoms with van der Waals surface area (Å²) in [6.07, 6.45) is 4.10. The number of benzene rings is 3. The third kappa shape index (κ3) is 6.20. The highest BCUT2D eigenvalue weighted by Crippen LogP contribution is 2.34. The molecule has 9 heteroatoms. The summed E-state index contributed by atoms with van der Waals surface area (Å²) in [7, 11) is 0. The Morgan fingerprint density at radius 1 is 0.897 bits per heavy atom. The fourth-order valence-corrected chi connectivity index (χ4v) is 5.14. The standard InChI is InChI=1S/C30H30N6O3/c37-30(26(24-12-6-2-7-13-24)25-14-8-3-9-15-25)34-33-28-27(36(38)39)29(32-21-31-28)35-18-16-23(17-19-35)20-22-10-4-1-5-11-22/h1-15,21,23,26H,16-20H2,(H,34,37)(H,31,32,33). The largest absolute Gasteiger partial charge is 0.355 e. The van der Waals surface area contributed by atoms with E-state index in [4.69, 9.17) is 0 Å². The number of hydrogen-bond donors (Lipinski definition) is 2. The van der Waals surface area contributed by atoms with E-state index in [0.717, 1.165) is 30.4 Å². The fraction of sp³-hybridized carbons (Fsp3) is 0.233. The zero-order valence-electron chi connectivity index (χ0n) is 21.4. The van der Waals surface area contributed by atoms with Crippen molar-refractivity contribution < 1.29 is 9.72 Å². The predicted octanol–water partition coefficient (Wildman–Crippen LogP) is 5.12. The van der Waals surface area contributed by atoms with Gasteiger partial charge in [0, 0.05) is 13.1 Å². The third-order valence-corrected chi connectivity index (χ3v) is 7.10. The van der Waals surface area contributed by atoms with E-state index in [9.17, 15) is 14.9 Å². The van der Waals surface area contributed by atoms with Gasteiger partial charge in [-0.1, -0.05) is 91.0 Å². The molecule has 1 amide bonds. The van der Waals surface area contributed by atoms with E-state index >= 15 is 0 Å². The third-order valence-electron chi connectivity index (χ3n) is 7.10.